The van der Waals surface area contributed by atoms with Gasteiger partial charge in [0.2, 0.25) is 0 Å². The molecule has 6 heteroatoms. The molecule has 96 valence electrons. The van der Waals surface area contributed by atoms with Gasteiger partial charge in [-0.1, -0.05) is 20.8 Å². The van der Waals surface area contributed by atoms with E-state index >= 15 is 0 Å². The van der Waals surface area contributed by atoms with Gasteiger partial charge in [-0.25, -0.2) is 23.2 Å². The molecule has 16 heavy (non-hydrogen) atoms. The molecule has 1 heterocycles. The second-order valence-corrected chi connectivity index (χ2v) is 5.10. The normalized spacial score (nSPS) is 25.6. The third kappa shape index (κ3) is 10.3. The van der Waals surface area contributed by atoms with Gasteiger partial charge >= 0.3 is 0 Å². The van der Waals surface area contributed by atoms with Crippen LogP contribution in [0.1, 0.15) is 33.6 Å². The zero-order valence-corrected chi connectivity index (χ0v) is 10.8. The van der Waals surface area contributed by atoms with Crippen molar-refractivity contribution < 1.29 is 33.5 Å². The molecule has 1 aliphatic rings. The average molecular weight is 254 g/mol. The first-order valence-electron chi connectivity index (χ1n) is 5.43. The van der Waals surface area contributed by atoms with Crippen LogP contribution < -0.4 is 18.6 Å². The molecule has 0 saturated heterocycles. The number of halogens is 1. The van der Waals surface area contributed by atoms with Gasteiger partial charge in [0, 0.05) is 18.3 Å². The molecule has 2 unspecified atom stereocenters. The molecule has 0 fully saturated rings. The number of rotatable bonds is 2. The van der Waals surface area contributed by atoms with Crippen LogP contribution in [-0.4, -0.2) is 23.9 Å². The monoisotopic (exact) mass is 253 g/mol. The van der Waals surface area contributed by atoms with Gasteiger partial charge < -0.3 is 0 Å². The lowest BCUT2D eigenvalue weighted by Crippen LogP contribution is -2.68. The van der Waals surface area contributed by atoms with Crippen molar-refractivity contribution in [3.63, 3.8) is 0 Å². The second kappa shape index (κ2) is 7.19. The van der Waals surface area contributed by atoms with Crippen molar-refractivity contribution in [3.8, 4) is 0 Å². The minimum absolute atomic E-state index is 0.797. The summed E-state index contributed by atoms with van der Waals surface area (Å²) >= 11 is 0. The minimum atomic E-state index is -4.94. The maximum absolute atomic E-state index is 8.49. The highest BCUT2D eigenvalue weighted by atomic mass is 35.7. The first kappa shape index (κ1) is 15.8. The van der Waals surface area contributed by atoms with Gasteiger partial charge in [-0.3, -0.25) is 0 Å². The lowest BCUT2D eigenvalue weighted by Gasteiger charge is -2.18. The summed E-state index contributed by atoms with van der Waals surface area (Å²) < 4.78 is 36.5. The summed E-state index contributed by atoms with van der Waals surface area (Å²) in [6, 6.07) is 0. The van der Waals surface area contributed by atoms with Gasteiger partial charge in [-0.15, -0.1) is 10.2 Å². The van der Waals surface area contributed by atoms with Crippen molar-refractivity contribution in [3.05, 3.63) is 0 Å². The summed E-state index contributed by atoms with van der Waals surface area (Å²) in [5, 5.41) is 0. The maximum atomic E-state index is 8.49. The van der Waals surface area contributed by atoms with E-state index in [1.54, 1.807) is 0 Å². The predicted molar refractivity (Wildman–Crippen MR) is 49.3 cm³/mol. The molecule has 1 aliphatic heterocycles. The van der Waals surface area contributed by atoms with Crippen LogP contribution in [0.2, 0.25) is 0 Å². The van der Waals surface area contributed by atoms with Crippen molar-refractivity contribution >= 4 is 6.21 Å². The second-order valence-electron chi connectivity index (χ2n) is 4.34. The standard InChI is InChI=1S/C10H20N.ClHO4/c1-4-5-11-7-9(2)6-10(3)8-11;2-1(3,4)5/h7,9-10H,4-6,8H2,1-3H3;(H,2,3,4,5)/q+1;/p-1. The van der Waals surface area contributed by atoms with E-state index in [2.05, 4.69) is 31.6 Å². The number of nitrogens with zero attached hydrogens (tertiary/aromatic N) is 1. The minimum Gasteiger partial charge on any atom is -0.239 e. The van der Waals surface area contributed by atoms with Crippen LogP contribution in [0.3, 0.4) is 0 Å². The molecule has 1 rings (SSSR count). The van der Waals surface area contributed by atoms with Gasteiger partial charge in [-0.05, 0) is 6.42 Å². The van der Waals surface area contributed by atoms with Crippen LogP contribution in [0, 0.1) is 22.1 Å². The van der Waals surface area contributed by atoms with E-state index in [0.29, 0.717) is 0 Å². The van der Waals surface area contributed by atoms with Gasteiger partial charge in [0.1, 0.15) is 19.3 Å². The Morgan fingerprint density at radius 3 is 2.12 bits per heavy atom. The zero-order chi connectivity index (χ0) is 12.8. The first-order valence-corrected chi connectivity index (χ1v) is 6.66. The van der Waals surface area contributed by atoms with E-state index < -0.39 is 10.2 Å². The average Bonchev–Trinajstić information content (AvgIpc) is 1.98. The van der Waals surface area contributed by atoms with E-state index in [1.807, 2.05) is 0 Å². The highest BCUT2D eigenvalue weighted by Crippen LogP contribution is 2.14. The molecule has 0 aliphatic carbocycles. The Morgan fingerprint density at radius 1 is 1.25 bits per heavy atom. The summed E-state index contributed by atoms with van der Waals surface area (Å²) in [7, 11) is -4.94. The third-order valence-electron chi connectivity index (χ3n) is 2.30. The molecular weight excluding hydrogens is 234 g/mol. The SMILES string of the molecule is CCC[N+]1=CC(C)CC(C)C1.[O-][Cl+3]([O-])([O-])[O-]. The van der Waals surface area contributed by atoms with Gasteiger partial charge in [0.15, 0.2) is 0 Å². The van der Waals surface area contributed by atoms with Crippen molar-refractivity contribution in [2.45, 2.75) is 33.6 Å². The molecule has 0 saturated carbocycles. The molecular formula is C10H20ClNO4. The van der Waals surface area contributed by atoms with Crippen LogP contribution in [0.4, 0.5) is 0 Å². The van der Waals surface area contributed by atoms with Crippen LogP contribution in [0.15, 0.2) is 0 Å². The number of hydrogen-bond acceptors (Lipinski definition) is 4. The molecule has 0 spiro atoms. The predicted octanol–water partition coefficient (Wildman–Crippen LogP) is -2.60. The summed E-state index contributed by atoms with van der Waals surface area (Å²) in [6.07, 6.45) is 5.06. The molecule has 0 aromatic heterocycles. The van der Waals surface area contributed by atoms with E-state index in [4.69, 9.17) is 18.6 Å². The largest absolute Gasteiger partial charge is 0.239 e. The molecule has 5 nitrogen and oxygen atoms in total. The van der Waals surface area contributed by atoms with Crippen LogP contribution in [-0.2, 0) is 0 Å². The molecule has 0 amide bonds. The highest BCUT2D eigenvalue weighted by molar-refractivity contribution is 5.55. The Bertz CT molecular complexity index is 221. The molecule has 0 aromatic rings. The molecule has 0 aromatic carbocycles. The molecule has 2 atom stereocenters. The first-order chi connectivity index (χ1) is 7.22. The highest BCUT2D eigenvalue weighted by Gasteiger charge is 2.20. The van der Waals surface area contributed by atoms with E-state index in [1.165, 1.54) is 25.9 Å². The van der Waals surface area contributed by atoms with Crippen LogP contribution in [0.5, 0.6) is 0 Å². The number of hydrogen-bond donors (Lipinski definition) is 0. The Labute approximate surface area is 98.8 Å². The Balaban J connectivity index is 0.000000385. The van der Waals surface area contributed by atoms with E-state index in [-0.39, 0.29) is 0 Å². The van der Waals surface area contributed by atoms with Gasteiger partial charge in [-0.2, -0.15) is 0 Å². The summed E-state index contributed by atoms with van der Waals surface area (Å²) in [5.74, 6) is 1.69. The zero-order valence-electron chi connectivity index (χ0n) is 10.0. The summed E-state index contributed by atoms with van der Waals surface area (Å²) in [4.78, 5) is 0. The van der Waals surface area contributed by atoms with Crippen LogP contribution >= 0.6 is 0 Å². The van der Waals surface area contributed by atoms with E-state index in [0.717, 1.165) is 11.8 Å². The molecule has 0 bridgehead atoms. The smallest absolute Gasteiger partial charge is 0.145 e. The van der Waals surface area contributed by atoms with Gasteiger partial charge in [0.05, 0.1) is 0 Å². The van der Waals surface area contributed by atoms with Crippen molar-refractivity contribution in [2.24, 2.45) is 11.8 Å². The Morgan fingerprint density at radius 2 is 1.75 bits per heavy atom. The molecule has 0 N–H and O–H groups in total. The van der Waals surface area contributed by atoms with Crippen molar-refractivity contribution in [1.82, 2.24) is 0 Å². The fourth-order valence-electron chi connectivity index (χ4n) is 2.04. The fourth-order valence-corrected chi connectivity index (χ4v) is 2.04. The van der Waals surface area contributed by atoms with Crippen LogP contribution in [0.25, 0.3) is 0 Å². The quantitative estimate of drug-likeness (QED) is 0.504. The molecule has 0 radical (unpaired) electrons. The Hall–Kier alpha value is -0.200. The fraction of sp³-hybridized carbons (Fsp3) is 0.900. The maximum Gasteiger partial charge on any atom is 0.145 e. The summed E-state index contributed by atoms with van der Waals surface area (Å²) in [6.45, 7) is 9.44. The lowest BCUT2D eigenvalue weighted by atomic mass is 9.95. The van der Waals surface area contributed by atoms with E-state index in [9.17, 15) is 0 Å². The third-order valence-corrected chi connectivity index (χ3v) is 2.30. The summed E-state index contributed by atoms with van der Waals surface area (Å²) in [5.41, 5.74) is 0. The Kier molecular flexibility index (Phi) is 7.10. The van der Waals surface area contributed by atoms with Crippen molar-refractivity contribution in [2.75, 3.05) is 13.1 Å². The lowest BCUT2D eigenvalue weighted by molar-refractivity contribution is -2.00. The topological polar surface area (TPSA) is 95.2 Å². The van der Waals surface area contributed by atoms with Gasteiger partial charge in [0.25, 0.3) is 0 Å². The van der Waals surface area contributed by atoms with Crippen molar-refractivity contribution in [1.29, 1.82) is 0 Å².